The molecule has 1 heterocycles. The van der Waals surface area contributed by atoms with Gasteiger partial charge in [0.25, 0.3) is 5.91 Å². The first-order valence-electron chi connectivity index (χ1n) is 8.99. The van der Waals surface area contributed by atoms with Gasteiger partial charge in [0, 0.05) is 25.2 Å². The van der Waals surface area contributed by atoms with Gasteiger partial charge in [-0.25, -0.2) is 8.42 Å². The molecule has 3 atom stereocenters. The van der Waals surface area contributed by atoms with Crippen LogP contribution in [0.3, 0.4) is 0 Å². The number of morpholine rings is 1. The molecule has 9 heteroatoms. The monoisotopic (exact) mass is 397 g/mol. The van der Waals surface area contributed by atoms with Gasteiger partial charge in [0.1, 0.15) is 6.04 Å². The third-order valence-corrected chi connectivity index (χ3v) is 6.08. The smallest absolute Gasteiger partial charge is 0.251 e. The third kappa shape index (κ3) is 5.27. The van der Waals surface area contributed by atoms with E-state index in [0.717, 1.165) is 0 Å². The van der Waals surface area contributed by atoms with Crippen molar-refractivity contribution in [2.45, 2.75) is 50.8 Å². The van der Waals surface area contributed by atoms with Gasteiger partial charge >= 0.3 is 0 Å². The molecule has 2 amide bonds. The molecule has 2 N–H and O–H groups in total. The molecule has 0 saturated carbocycles. The van der Waals surface area contributed by atoms with E-state index in [0.29, 0.717) is 19.6 Å². The minimum atomic E-state index is -3.66. The molecule has 150 valence electrons. The zero-order valence-electron chi connectivity index (χ0n) is 16.1. The van der Waals surface area contributed by atoms with Crippen molar-refractivity contribution in [1.29, 1.82) is 0 Å². The summed E-state index contributed by atoms with van der Waals surface area (Å²) in [6.07, 6.45) is -0.353. The van der Waals surface area contributed by atoms with Crippen LogP contribution < -0.4 is 10.6 Å². The molecule has 0 bridgehead atoms. The standard InChI is InChI=1S/C18H27N3O5S/c1-5-19-17(22)14(4)20-18(23)15-6-8-16(9-7-15)27(24,25)21-10-12(2)26-13(3)11-21/h6-9,12-14H,5,10-11H2,1-4H3,(H,19,22)(H,20,23)/t12-,13-,14-/m1/s1. The van der Waals surface area contributed by atoms with Crippen LogP contribution in [0.2, 0.25) is 0 Å². The fourth-order valence-electron chi connectivity index (χ4n) is 2.93. The molecule has 1 aliphatic rings. The summed E-state index contributed by atoms with van der Waals surface area (Å²) in [5, 5.41) is 5.21. The third-order valence-electron chi connectivity index (χ3n) is 4.23. The van der Waals surface area contributed by atoms with E-state index in [9.17, 15) is 18.0 Å². The largest absolute Gasteiger partial charge is 0.373 e. The van der Waals surface area contributed by atoms with Gasteiger partial charge in [-0.2, -0.15) is 4.31 Å². The van der Waals surface area contributed by atoms with E-state index in [2.05, 4.69) is 10.6 Å². The van der Waals surface area contributed by atoms with Crippen LogP contribution in [0.4, 0.5) is 0 Å². The first-order valence-corrected chi connectivity index (χ1v) is 10.4. The van der Waals surface area contributed by atoms with E-state index < -0.39 is 22.0 Å². The molecule has 1 aliphatic heterocycles. The van der Waals surface area contributed by atoms with Crippen LogP contribution in [0, 0.1) is 0 Å². The van der Waals surface area contributed by atoms with Gasteiger partial charge in [0.05, 0.1) is 17.1 Å². The summed E-state index contributed by atoms with van der Waals surface area (Å²) in [5.74, 6) is -0.716. The molecule has 0 unspecified atom stereocenters. The second kappa shape index (κ2) is 8.81. The predicted molar refractivity (Wildman–Crippen MR) is 101 cm³/mol. The Morgan fingerprint density at radius 2 is 1.74 bits per heavy atom. The predicted octanol–water partition coefficient (Wildman–Crippen LogP) is 0.739. The van der Waals surface area contributed by atoms with Gasteiger partial charge in [-0.3, -0.25) is 9.59 Å². The maximum atomic E-state index is 12.8. The summed E-state index contributed by atoms with van der Waals surface area (Å²) >= 11 is 0. The Hall–Kier alpha value is -1.97. The fourth-order valence-corrected chi connectivity index (χ4v) is 4.52. The van der Waals surface area contributed by atoms with Gasteiger partial charge in [-0.05, 0) is 52.0 Å². The zero-order chi connectivity index (χ0) is 20.2. The fraction of sp³-hybridized carbons (Fsp3) is 0.556. The summed E-state index contributed by atoms with van der Waals surface area (Å²) in [4.78, 5) is 24.1. The maximum absolute atomic E-state index is 12.8. The number of rotatable bonds is 6. The molecule has 0 spiro atoms. The molecule has 0 aromatic heterocycles. The first kappa shape index (κ1) is 21.3. The van der Waals surface area contributed by atoms with Crippen LogP contribution in [0.15, 0.2) is 29.2 Å². The Bertz CT molecular complexity index is 769. The van der Waals surface area contributed by atoms with E-state index in [1.807, 2.05) is 13.8 Å². The molecule has 2 rings (SSSR count). The first-order chi connectivity index (χ1) is 12.6. The second-order valence-electron chi connectivity index (χ2n) is 6.69. The molecule has 27 heavy (non-hydrogen) atoms. The molecule has 0 aliphatic carbocycles. The Labute approximate surface area is 160 Å². The molecular weight excluding hydrogens is 370 g/mol. The van der Waals surface area contributed by atoms with Crippen molar-refractivity contribution in [2.24, 2.45) is 0 Å². The van der Waals surface area contributed by atoms with Crippen molar-refractivity contribution in [2.75, 3.05) is 19.6 Å². The van der Waals surface area contributed by atoms with E-state index in [4.69, 9.17) is 4.74 Å². The van der Waals surface area contributed by atoms with Crippen molar-refractivity contribution >= 4 is 21.8 Å². The number of carbonyl (C=O) groups excluding carboxylic acids is 2. The van der Waals surface area contributed by atoms with Crippen LogP contribution in [0.25, 0.3) is 0 Å². The van der Waals surface area contributed by atoms with Gasteiger partial charge < -0.3 is 15.4 Å². The molecule has 1 fully saturated rings. The van der Waals surface area contributed by atoms with Crippen LogP contribution in [-0.4, -0.2) is 62.4 Å². The van der Waals surface area contributed by atoms with Gasteiger partial charge in [0.2, 0.25) is 15.9 Å². The van der Waals surface area contributed by atoms with Crippen molar-refractivity contribution in [3.8, 4) is 0 Å². The van der Waals surface area contributed by atoms with Crippen molar-refractivity contribution in [3.63, 3.8) is 0 Å². The zero-order valence-corrected chi connectivity index (χ0v) is 16.9. The summed E-state index contributed by atoms with van der Waals surface area (Å²) < 4.78 is 32.6. The highest BCUT2D eigenvalue weighted by Crippen LogP contribution is 2.21. The van der Waals surface area contributed by atoms with Crippen LogP contribution in [0.1, 0.15) is 38.1 Å². The van der Waals surface area contributed by atoms with Crippen LogP contribution >= 0.6 is 0 Å². The number of hydrogen-bond acceptors (Lipinski definition) is 5. The number of ether oxygens (including phenoxy) is 1. The minimum Gasteiger partial charge on any atom is -0.373 e. The highest BCUT2D eigenvalue weighted by atomic mass is 32.2. The van der Waals surface area contributed by atoms with Crippen LogP contribution in [-0.2, 0) is 19.6 Å². The molecule has 1 saturated heterocycles. The highest BCUT2D eigenvalue weighted by molar-refractivity contribution is 7.89. The van der Waals surface area contributed by atoms with E-state index in [1.54, 1.807) is 13.8 Å². The summed E-state index contributed by atoms with van der Waals surface area (Å²) in [5.41, 5.74) is 0.286. The lowest BCUT2D eigenvalue weighted by molar-refractivity contribution is -0.122. The van der Waals surface area contributed by atoms with E-state index >= 15 is 0 Å². The van der Waals surface area contributed by atoms with E-state index in [1.165, 1.54) is 28.6 Å². The lowest BCUT2D eigenvalue weighted by atomic mass is 10.2. The van der Waals surface area contributed by atoms with Gasteiger partial charge in [0.15, 0.2) is 0 Å². The van der Waals surface area contributed by atoms with Crippen LogP contribution in [0.5, 0.6) is 0 Å². The number of benzene rings is 1. The number of sulfonamides is 1. The SMILES string of the molecule is CCNC(=O)[C@@H](C)NC(=O)c1ccc(S(=O)(=O)N2C[C@@H](C)O[C@H](C)C2)cc1. The number of nitrogens with zero attached hydrogens (tertiary/aromatic N) is 1. The average Bonchev–Trinajstić information content (AvgIpc) is 2.61. The molecule has 1 aromatic rings. The Kier molecular flexibility index (Phi) is 6.96. The Morgan fingerprint density at radius 1 is 1.19 bits per heavy atom. The molecule has 8 nitrogen and oxygen atoms in total. The summed E-state index contributed by atoms with van der Waals surface area (Å²) in [6.45, 7) is 8.11. The number of likely N-dealkylation sites (N-methyl/N-ethyl adjacent to an activating group) is 1. The second-order valence-corrected chi connectivity index (χ2v) is 8.63. The highest BCUT2D eigenvalue weighted by Gasteiger charge is 2.32. The number of hydrogen-bond donors (Lipinski definition) is 2. The Balaban J connectivity index is 2.09. The summed E-state index contributed by atoms with van der Waals surface area (Å²) in [7, 11) is -3.66. The Morgan fingerprint density at radius 3 is 2.26 bits per heavy atom. The minimum absolute atomic E-state index is 0.122. The summed E-state index contributed by atoms with van der Waals surface area (Å²) in [6, 6.07) is 5.02. The average molecular weight is 397 g/mol. The maximum Gasteiger partial charge on any atom is 0.251 e. The quantitative estimate of drug-likeness (QED) is 0.737. The van der Waals surface area contributed by atoms with Crippen molar-refractivity contribution in [1.82, 2.24) is 14.9 Å². The van der Waals surface area contributed by atoms with Gasteiger partial charge in [-0.1, -0.05) is 0 Å². The van der Waals surface area contributed by atoms with Crippen molar-refractivity contribution in [3.05, 3.63) is 29.8 Å². The molecular formula is C18H27N3O5S. The van der Waals surface area contributed by atoms with Crippen molar-refractivity contribution < 1.29 is 22.7 Å². The number of amides is 2. The van der Waals surface area contributed by atoms with E-state index in [-0.39, 0.29) is 28.6 Å². The lowest BCUT2D eigenvalue weighted by Crippen LogP contribution is -2.48. The number of carbonyl (C=O) groups is 2. The normalized spacial score (nSPS) is 22.1. The van der Waals surface area contributed by atoms with Gasteiger partial charge in [-0.15, -0.1) is 0 Å². The lowest BCUT2D eigenvalue weighted by Gasteiger charge is -2.34. The topological polar surface area (TPSA) is 105 Å². The number of nitrogens with one attached hydrogen (secondary N) is 2. The molecule has 1 aromatic carbocycles. The molecule has 0 radical (unpaired) electrons.